The van der Waals surface area contributed by atoms with E-state index in [1.54, 1.807) is 6.20 Å². The summed E-state index contributed by atoms with van der Waals surface area (Å²) in [6.45, 7) is 7.81. The van der Waals surface area contributed by atoms with Crippen LogP contribution in [0.3, 0.4) is 0 Å². The highest BCUT2D eigenvalue weighted by atomic mass is 35.5. The third-order valence-corrected chi connectivity index (χ3v) is 3.70. The highest BCUT2D eigenvalue weighted by Gasteiger charge is 2.18. The fourth-order valence-electron chi connectivity index (χ4n) is 2.17. The molecule has 1 aromatic rings. The molecule has 0 saturated carbocycles. The molecule has 1 aromatic heterocycles. The minimum absolute atomic E-state index is 0.533. The molecule has 1 N–H and O–H groups in total. The van der Waals surface area contributed by atoms with Gasteiger partial charge in [0.25, 0.3) is 0 Å². The second kappa shape index (κ2) is 6.36. The van der Waals surface area contributed by atoms with Crippen LogP contribution in [0.25, 0.3) is 0 Å². The Balaban J connectivity index is 1.79. The maximum absolute atomic E-state index is 5.86. The lowest BCUT2D eigenvalue weighted by atomic mass is 10.2. The largest absolute Gasteiger partial charge is 0.383 e. The molecule has 2 heterocycles. The SMILES string of the molecule is CC(CNc1ccnc(Cl)c1)N1CCN(C)CC1. The molecule has 0 bridgehead atoms. The predicted molar refractivity (Wildman–Crippen MR) is 76.3 cm³/mol. The minimum Gasteiger partial charge on any atom is -0.383 e. The lowest BCUT2D eigenvalue weighted by Crippen LogP contribution is -2.49. The van der Waals surface area contributed by atoms with Crippen LogP contribution in [-0.4, -0.2) is 60.6 Å². The van der Waals surface area contributed by atoms with E-state index in [2.05, 4.69) is 34.1 Å². The summed E-state index contributed by atoms with van der Waals surface area (Å²) in [6, 6.07) is 4.34. The van der Waals surface area contributed by atoms with Crippen LogP contribution in [0.1, 0.15) is 6.92 Å². The zero-order valence-electron chi connectivity index (χ0n) is 11.1. The molecule has 5 heteroatoms. The normalized spacial score (nSPS) is 19.7. The summed E-state index contributed by atoms with van der Waals surface area (Å²) < 4.78 is 0. The molecule has 1 atom stereocenters. The summed E-state index contributed by atoms with van der Waals surface area (Å²) in [6.07, 6.45) is 1.73. The van der Waals surface area contributed by atoms with Crippen molar-refractivity contribution in [2.45, 2.75) is 13.0 Å². The van der Waals surface area contributed by atoms with E-state index in [0.29, 0.717) is 11.2 Å². The maximum Gasteiger partial charge on any atom is 0.131 e. The van der Waals surface area contributed by atoms with Crippen LogP contribution in [0.15, 0.2) is 18.3 Å². The molecule has 1 aliphatic rings. The molecule has 0 aliphatic carbocycles. The summed E-state index contributed by atoms with van der Waals surface area (Å²) in [7, 11) is 2.18. The minimum atomic E-state index is 0.533. The van der Waals surface area contributed by atoms with Gasteiger partial charge >= 0.3 is 0 Å². The van der Waals surface area contributed by atoms with Crippen LogP contribution >= 0.6 is 11.6 Å². The summed E-state index contributed by atoms with van der Waals surface area (Å²) >= 11 is 5.86. The highest BCUT2D eigenvalue weighted by molar-refractivity contribution is 6.29. The Hall–Kier alpha value is -0.840. The zero-order chi connectivity index (χ0) is 13.0. The van der Waals surface area contributed by atoms with Crippen molar-refractivity contribution >= 4 is 17.3 Å². The van der Waals surface area contributed by atoms with Gasteiger partial charge in [-0.05, 0) is 26.1 Å². The van der Waals surface area contributed by atoms with Gasteiger partial charge in [-0.15, -0.1) is 0 Å². The quantitative estimate of drug-likeness (QED) is 0.844. The van der Waals surface area contributed by atoms with Crippen molar-refractivity contribution in [1.82, 2.24) is 14.8 Å². The number of nitrogens with one attached hydrogen (secondary N) is 1. The molecule has 0 radical (unpaired) electrons. The van der Waals surface area contributed by atoms with Gasteiger partial charge in [-0.3, -0.25) is 4.90 Å². The van der Waals surface area contributed by atoms with Crippen LogP contribution in [0.2, 0.25) is 5.15 Å². The molecular weight excluding hydrogens is 248 g/mol. The van der Waals surface area contributed by atoms with Gasteiger partial charge in [0.15, 0.2) is 0 Å². The van der Waals surface area contributed by atoms with E-state index in [4.69, 9.17) is 11.6 Å². The van der Waals surface area contributed by atoms with Crippen LogP contribution in [0.5, 0.6) is 0 Å². The summed E-state index contributed by atoms with van der Waals surface area (Å²) in [5.41, 5.74) is 1.04. The molecule has 0 aromatic carbocycles. The monoisotopic (exact) mass is 268 g/mol. The zero-order valence-corrected chi connectivity index (χ0v) is 11.8. The number of likely N-dealkylation sites (N-methyl/N-ethyl adjacent to an activating group) is 1. The van der Waals surface area contributed by atoms with Gasteiger partial charge in [0, 0.05) is 50.6 Å². The average molecular weight is 269 g/mol. The first-order valence-corrected chi connectivity index (χ1v) is 6.81. The second-order valence-electron chi connectivity index (χ2n) is 4.94. The molecule has 100 valence electrons. The number of rotatable bonds is 4. The summed E-state index contributed by atoms with van der Waals surface area (Å²) in [4.78, 5) is 8.87. The molecule has 0 spiro atoms. The Morgan fingerprint density at radius 3 is 2.78 bits per heavy atom. The van der Waals surface area contributed by atoms with Gasteiger partial charge in [0.1, 0.15) is 5.15 Å². The van der Waals surface area contributed by atoms with E-state index in [-0.39, 0.29) is 0 Å². The summed E-state index contributed by atoms with van der Waals surface area (Å²) in [5, 5.41) is 3.95. The molecule has 2 rings (SSSR count). The van der Waals surface area contributed by atoms with E-state index in [1.165, 1.54) is 0 Å². The van der Waals surface area contributed by atoms with Gasteiger partial charge in [0.2, 0.25) is 0 Å². The standard InChI is InChI=1S/C13H21ClN4/c1-11(18-7-5-17(2)6-8-18)10-16-12-3-4-15-13(14)9-12/h3-4,9,11H,5-8,10H2,1-2H3,(H,15,16). The van der Waals surface area contributed by atoms with E-state index in [1.807, 2.05) is 12.1 Å². The highest BCUT2D eigenvalue weighted by Crippen LogP contribution is 2.12. The first-order chi connectivity index (χ1) is 8.65. The van der Waals surface area contributed by atoms with Crippen molar-refractivity contribution in [2.24, 2.45) is 0 Å². The lowest BCUT2D eigenvalue weighted by molar-refractivity contribution is 0.123. The van der Waals surface area contributed by atoms with Crippen molar-refractivity contribution in [3.8, 4) is 0 Å². The third-order valence-electron chi connectivity index (χ3n) is 3.49. The van der Waals surface area contributed by atoms with E-state index >= 15 is 0 Å². The number of hydrogen-bond donors (Lipinski definition) is 1. The molecule has 0 amide bonds. The smallest absolute Gasteiger partial charge is 0.131 e. The van der Waals surface area contributed by atoms with Gasteiger partial charge < -0.3 is 10.2 Å². The molecule has 1 aliphatic heterocycles. The number of aromatic nitrogens is 1. The van der Waals surface area contributed by atoms with Gasteiger partial charge in [-0.2, -0.15) is 0 Å². The van der Waals surface area contributed by atoms with Gasteiger partial charge in [-0.25, -0.2) is 4.98 Å². The Morgan fingerprint density at radius 2 is 2.11 bits per heavy atom. The van der Waals surface area contributed by atoms with Crippen molar-refractivity contribution in [3.05, 3.63) is 23.5 Å². The molecule has 1 unspecified atom stereocenters. The third kappa shape index (κ3) is 3.83. The Labute approximate surface area is 114 Å². The molecular formula is C13H21ClN4. The first-order valence-electron chi connectivity index (χ1n) is 6.43. The van der Waals surface area contributed by atoms with Crippen molar-refractivity contribution in [2.75, 3.05) is 45.1 Å². The van der Waals surface area contributed by atoms with Gasteiger partial charge in [0.05, 0.1) is 0 Å². The number of pyridine rings is 1. The molecule has 1 fully saturated rings. The summed E-state index contributed by atoms with van der Waals surface area (Å²) in [5.74, 6) is 0. The predicted octanol–water partition coefficient (Wildman–Crippen LogP) is 1.78. The van der Waals surface area contributed by atoms with Crippen molar-refractivity contribution in [1.29, 1.82) is 0 Å². The molecule has 18 heavy (non-hydrogen) atoms. The van der Waals surface area contributed by atoms with Crippen LogP contribution in [0.4, 0.5) is 5.69 Å². The van der Waals surface area contributed by atoms with E-state index in [0.717, 1.165) is 38.4 Å². The van der Waals surface area contributed by atoms with Gasteiger partial charge in [-0.1, -0.05) is 11.6 Å². The lowest BCUT2D eigenvalue weighted by Gasteiger charge is -2.36. The Kier molecular flexibility index (Phi) is 4.80. The number of halogens is 1. The van der Waals surface area contributed by atoms with Crippen LogP contribution in [-0.2, 0) is 0 Å². The second-order valence-corrected chi connectivity index (χ2v) is 5.32. The van der Waals surface area contributed by atoms with Crippen LogP contribution in [0, 0.1) is 0 Å². The number of anilines is 1. The maximum atomic E-state index is 5.86. The average Bonchev–Trinajstić information content (AvgIpc) is 2.37. The molecule has 4 nitrogen and oxygen atoms in total. The fraction of sp³-hybridized carbons (Fsp3) is 0.615. The van der Waals surface area contributed by atoms with E-state index in [9.17, 15) is 0 Å². The van der Waals surface area contributed by atoms with Crippen molar-refractivity contribution in [3.63, 3.8) is 0 Å². The van der Waals surface area contributed by atoms with Crippen molar-refractivity contribution < 1.29 is 0 Å². The topological polar surface area (TPSA) is 31.4 Å². The van der Waals surface area contributed by atoms with Crippen LogP contribution < -0.4 is 5.32 Å². The number of hydrogen-bond acceptors (Lipinski definition) is 4. The Bertz CT molecular complexity index is 377. The number of piperazine rings is 1. The first kappa shape index (κ1) is 13.6. The Morgan fingerprint density at radius 1 is 1.39 bits per heavy atom. The number of nitrogens with zero attached hydrogens (tertiary/aromatic N) is 3. The fourth-order valence-corrected chi connectivity index (χ4v) is 2.34. The van der Waals surface area contributed by atoms with E-state index < -0.39 is 0 Å². The molecule has 1 saturated heterocycles.